The first-order chi connectivity index (χ1) is 14.1. The summed E-state index contributed by atoms with van der Waals surface area (Å²) in [6.07, 6.45) is 1.16. The number of aryl methyl sites for hydroxylation is 1. The van der Waals surface area contributed by atoms with Crippen molar-refractivity contribution in [1.82, 2.24) is 9.29 Å². The molecule has 3 aromatic rings. The molecule has 0 aliphatic carbocycles. The van der Waals surface area contributed by atoms with Crippen molar-refractivity contribution in [3.8, 4) is 0 Å². The van der Waals surface area contributed by atoms with Crippen LogP contribution < -0.4 is 5.32 Å². The second-order valence-corrected chi connectivity index (χ2v) is 9.46. The number of hydrogen-bond acceptors (Lipinski definition) is 6. The molecule has 1 aliphatic rings. The van der Waals surface area contributed by atoms with E-state index < -0.39 is 33.0 Å². The van der Waals surface area contributed by atoms with Gasteiger partial charge in [-0.1, -0.05) is 6.07 Å². The molecule has 30 heavy (non-hydrogen) atoms. The van der Waals surface area contributed by atoms with Crippen LogP contribution >= 0.6 is 0 Å². The van der Waals surface area contributed by atoms with Crippen molar-refractivity contribution in [2.75, 3.05) is 18.1 Å². The molecule has 10 heteroatoms. The average Bonchev–Trinajstić information content (AvgIpc) is 3.09. The molecule has 8 nitrogen and oxygen atoms in total. The molecule has 0 bridgehead atoms. The summed E-state index contributed by atoms with van der Waals surface area (Å²) >= 11 is 0. The third-order valence-electron chi connectivity index (χ3n) is 4.95. The maximum Gasteiger partial charge on any atom is 0.311 e. The molecular weight excluding hydrogens is 411 g/mol. The SMILES string of the molecule is Cc1ccc2nc(C(=O)Nc3ccc(F)c(C4(C)CS(=O)(=O)N(C)C=N4)c3)oc2c1. The number of nitrogens with zero attached hydrogens (tertiary/aromatic N) is 3. The van der Waals surface area contributed by atoms with Gasteiger partial charge in [0.05, 0.1) is 12.1 Å². The summed E-state index contributed by atoms with van der Waals surface area (Å²) in [6.45, 7) is 3.43. The molecule has 156 valence electrons. The summed E-state index contributed by atoms with van der Waals surface area (Å²) in [5, 5.41) is 2.61. The number of benzene rings is 2. The molecule has 4 rings (SSSR count). The first-order valence-electron chi connectivity index (χ1n) is 9.07. The Labute approximate surface area is 172 Å². The highest BCUT2D eigenvalue weighted by Crippen LogP contribution is 2.34. The normalized spacial score (nSPS) is 20.5. The number of fused-ring (bicyclic) bond motifs is 1. The molecule has 0 spiro atoms. The Hall–Kier alpha value is -3.27. The number of nitrogens with one attached hydrogen (secondary N) is 1. The number of aromatic nitrogens is 1. The molecule has 1 N–H and O–H groups in total. The highest BCUT2D eigenvalue weighted by atomic mass is 32.2. The van der Waals surface area contributed by atoms with Crippen LogP contribution in [0.4, 0.5) is 10.1 Å². The Morgan fingerprint density at radius 2 is 2.03 bits per heavy atom. The van der Waals surface area contributed by atoms with Gasteiger partial charge in [0.15, 0.2) is 5.58 Å². The van der Waals surface area contributed by atoms with Crippen molar-refractivity contribution >= 4 is 39.1 Å². The molecule has 1 aliphatic heterocycles. The molecule has 0 radical (unpaired) electrons. The molecule has 0 saturated heterocycles. The van der Waals surface area contributed by atoms with Crippen LogP contribution in [0, 0.1) is 12.7 Å². The molecule has 1 amide bonds. The molecule has 1 atom stereocenters. The van der Waals surface area contributed by atoms with Crippen molar-refractivity contribution in [3.63, 3.8) is 0 Å². The number of rotatable bonds is 3. The Morgan fingerprint density at radius 1 is 1.27 bits per heavy atom. The van der Waals surface area contributed by atoms with Crippen molar-refractivity contribution in [2.45, 2.75) is 19.4 Å². The molecule has 2 aromatic carbocycles. The lowest BCUT2D eigenvalue weighted by Crippen LogP contribution is -2.43. The summed E-state index contributed by atoms with van der Waals surface area (Å²) in [5.74, 6) is -1.76. The van der Waals surface area contributed by atoms with Gasteiger partial charge in [-0.25, -0.2) is 17.8 Å². The number of carbonyl (C=O) groups excluding carboxylic acids is 1. The van der Waals surface area contributed by atoms with E-state index in [1.807, 2.05) is 13.0 Å². The van der Waals surface area contributed by atoms with E-state index in [0.717, 1.165) is 22.3 Å². The monoisotopic (exact) mass is 430 g/mol. The number of amides is 1. The first kappa shape index (κ1) is 20.0. The van der Waals surface area contributed by atoms with Crippen molar-refractivity contribution in [3.05, 3.63) is 59.2 Å². The lowest BCUT2D eigenvalue weighted by atomic mass is 9.93. The minimum absolute atomic E-state index is 0.0569. The fourth-order valence-electron chi connectivity index (χ4n) is 3.25. The zero-order valence-corrected chi connectivity index (χ0v) is 17.3. The fraction of sp³-hybridized carbons (Fsp3) is 0.250. The van der Waals surface area contributed by atoms with Gasteiger partial charge in [0, 0.05) is 18.3 Å². The van der Waals surface area contributed by atoms with Gasteiger partial charge < -0.3 is 9.73 Å². The quantitative estimate of drug-likeness (QED) is 0.688. The Kier molecular flexibility index (Phi) is 4.61. The van der Waals surface area contributed by atoms with E-state index >= 15 is 0 Å². The zero-order chi connectivity index (χ0) is 21.7. The predicted molar refractivity (Wildman–Crippen MR) is 110 cm³/mol. The van der Waals surface area contributed by atoms with Gasteiger partial charge in [-0.15, -0.1) is 0 Å². The fourth-order valence-corrected chi connectivity index (χ4v) is 4.59. The van der Waals surface area contributed by atoms with Crippen molar-refractivity contribution < 1.29 is 22.0 Å². The largest absolute Gasteiger partial charge is 0.432 e. The van der Waals surface area contributed by atoms with Gasteiger partial charge in [0.2, 0.25) is 10.0 Å². The first-order valence-corrected chi connectivity index (χ1v) is 10.7. The van der Waals surface area contributed by atoms with Gasteiger partial charge in [-0.05, 0) is 49.7 Å². The number of carbonyl (C=O) groups is 1. The molecule has 0 saturated carbocycles. The predicted octanol–water partition coefficient (Wildman–Crippen LogP) is 3.05. The van der Waals surface area contributed by atoms with E-state index in [0.29, 0.717) is 11.1 Å². The van der Waals surface area contributed by atoms with Gasteiger partial charge >= 0.3 is 5.91 Å². The maximum atomic E-state index is 14.6. The minimum Gasteiger partial charge on any atom is -0.432 e. The number of sulfonamides is 1. The second kappa shape index (κ2) is 6.91. The van der Waals surface area contributed by atoms with Crippen LogP contribution in [0.15, 0.2) is 45.8 Å². The van der Waals surface area contributed by atoms with Crippen LogP contribution in [0.1, 0.15) is 28.7 Å². The number of halogens is 1. The lowest BCUT2D eigenvalue weighted by molar-refractivity contribution is 0.0992. The number of aliphatic imine (C=N–C) groups is 1. The van der Waals surface area contributed by atoms with Crippen LogP contribution in [0.3, 0.4) is 0 Å². The Balaban J connectivity index is 1.64. The van der Waals surface area contributed by atoms with Gasteiger partial charge in [0.1, 0.15) is 16.9 Å². The van der Waals surface area contributed by atoms with Crippen molar-refractivity contribution in [1.29, 1.82) is 0 Å². The highest BCUT2D eigenvalue weighted by Gasteiger charge is 2.39. The summed E-state index contributed by atoms with van der Waals surface area (Å²) in [5.41, 5.74) is 0.993. The molecule has 1 unspecified atom stereocenters. The Morgan fingerprint density at radius 3 is 2.77 bits per heavy atom. The average molecular weight is 430 g/mol. The van der Waals surface area contributed by atoms with Crippen LogP contribution in [0.25, 0.3) is 11.1 Å². The van der Waals surface area contributed by atoms with Crippen LogP contribution in [-0.2, 0) is 15.6 Å². The van der Waals surface area contributed by atoms with Gasteiger partial charge in [-0.2, -0.15) is 0 Å². The summed E-state index contributed by atoms with van der Waals surface area (Å²) in [7, 11) is -2.26. The number of oxazole rings is 1. The third kappa shape index (κ3) is 3.54. The summed E-state index contributed by atoms with van der Waals surface area (Å²) in [6, 6.07) is 9.29. The van der Waals surface area contributed by atoms with E-state index in [2.05, 4.69) is 15.3 Å². The molecule has 1 aromatic heterocycles. The van der Waals surface area contributed by atoms with Crippen LogP contribution in [0.5, 0.6) is 0 Å². The smallest absolute Gasteiger partial charge is 0.311 e. The number of hydrogen-bond donors (Lipinski definition) is 1. The zero-order valence-electron chi connectivity index (χ0n) is 16.5. The number of anilines is 1. The van der Waals surface area contributed by atoms with Gasteiger partial charge in [0.25, 0.3) is 5.89 Å². The lowest BCUT2D eigenvalue weighted by Gasteiger charge is -2.32. The van der Waals surface area contributed by atoms with E-state index in [9.17, 15) is 17.6 Å². The third-order valence-corrected chi connectivity index (χ3v) is 6.85. The topological polar surface area (TPSA) is 105 Å². The van der Waals surface area contributed by atoms with Gasteiger partial charge in [-0.3, -0.25) is 14.1 Å². The van der Waals surface area contributed by atoms with E-state index in [-0.39, 0.29) is 17.1 Å². The van der Waals surface area contributed by atoms with Crippen LogP contribution in [-0.4, -0.2) is 42.8 Å². The molecule has 2 heterocycles. The highest BCUT2D eigenvalue weighted by molar-refractivity contribution is 7.89. The summed E-state index contributed by atoms with van der Waals surface area (Å²) in [4.78, 5) is 21.0. The van der Waals surface area contributed by atoms with E-state index in [1.54, 1.807) is 12.1 Å². The van der Waals surface area contributed by atoms with Crippen molar-refractivity contribution in [2.24, 2.45) is 4.99 Å². The molecular formula is C20H19FN4O4S. The second-order valence-electron chi connectivity index (χ2n) is 7.43. The minimum atomic E-state index is -3.63. The standard InChI is InChI=1S/C20H19FN4O4S/c1-12-4-7-16-17(8-12)29-19(24-16)18(26)23-13-5-6-15(21)14(9-13)20(2)10-30(27,28)25(3)11-22-20/h4-9,11H,10H2,1-3H3,(H,23,26). The Bertz CT molecular complexity index is 1300. The summed E-state index contributed by atoms with van der Waals surface area (Å²) < 4.78 is 45.6. The van der Waals surface area contributed by atoms with E-state index in [4.69, 9.17) is 4.42 Å². The molecule has 0 fully saturated rings. The van der Waals surface area contributed by atoms with Crippen LogP contribution in [0.2, 0.25) is 0 Å². The van der Waals surface area contributed by atoms with E-state index in [1.165, 1.54) is 26.1 Å². The maximum absolute atomic E-state index is 14.6.